The number of urea groups is 1. The molecule has 1 fully saturated rings. The third-order valence-electron chi connectivity index (χ3n) is 3.59. The highest BCUT2D eigenvalue weighted by Crippen LogP contribution is 2.19. The predicted octanol–water partition coefficient (Wildman–Crippen LogP) is 1.54. The Morgan fingerprint density at radius 1 is 1.39 bits per heavy atom. The van der Waals surface area contributed by atoms with Crippen molar-refractivity contribution in [1.82, 2.24) is 10.2 Å². The molecule has 7 nitrogen and oxygen atoms in total. The summed E-state index contributed by atoms with van der Waals surface area (Å²) < 4.78 is 0. The normalized spacial score (nSPS) is 14.3. The van der Waals surface area contributed by atoms with Gasteiger partial charge in [0.15, 0.2) is 0 Å². The molecule has 23 heavy (non-hydrogen) atoms. The van der Waals surface area contributed by atoms with Crippen LogP contribution in [0.5, 0.6) is 0 Å². The quantitative estimate of drug-likeness (QED) is 0.832. The number of benzene rings is 1. The fourth-order valence-electron chi connectivity index (χ4n) is 2.55. The molecule has 1 aromatic rings. The van der Waals surface area contributed by atoms with Gasteiger partial charge in [-0.2, -0.15) is 0 Å². The molecule has 1 aliphatic heterocycles. The Morgan fingerprint density at radius 3 is 2.83 bits per heavy atom. The Balaban J connectivity index is 2.21. The highest BCUT2D eigenvalue weighted by atomic mass is 16.4. The third-order valence-corrected chi connectivity index (χ3v) is 3.59. The summed E-state index contributed by atoms with van der Waals surface area (Å²) in [4.78, 5) is 38.2. The number of anilines is 1. The van der Waals surface area contributed by atoms with Crippen molar-refractivity contribution < 1.29 is 19.5 Å². The number of amides is 3. The average Bonchev–Trinajstić information content (AvgIpc) is 2.54. The minimum absolute atomic E-state index is 0.184. The molecule has 1 aromatic carbocycles. The molecule has 0 unspecified atom stereocenters. The van der Waals surface area contributed by atoms with Crippen LogP contribution in [0.3, 0.4) is 0 Å². The molecule has 0 atom stereocenters. The van der Waals surface area contributed by atoms with Crippen LogP contribution in [0.1, 0.15) is 30.1 Å². The monoisotopic (exact) mass is 319 g/mol. The fourth-order valence-corrected chi connectivity index (χ4v) is 2.55. The lowest BCUT2D eigenvalue weighted by Crippen LogP contribution is -2.46. The van der Waals surface area contributed by atoms with Gasteiger partial charge in [0, 0.05) is 30.9 Å². The SMILES string of the molecule is CCCN(CC(=O)O)C(=O)c1cccc(N2CCCNC2=O)c1. The second-order valence-electron chi connectivity index (χ2n) is 5.41. The van der Waals surface area contributed by atoms with E-state index in [-0.39, 0.29) is 18.5 Å². The summed E-state index contributed by atoms with van der Waals surface area (Å²) in [6.45, 7) is 3.17. The molecule has 7 heteroatoms. The minimum atomic E-state index is -1.04. The molecule has 3 amide bonds. The number of carboxylic acid groups (broad SMARTS) is 1. The van der Waals surface area contributed by atoms with Gasteiger partial charge in [0.2, 0.25) is 0 Å². The zero-order valence-electron chi connectivity index (χ0n) is 13.1. The lowest BCUT2D eigenvalue weighted by Gasteiger charge is -2.28. The van der Waals surface area contributed by atoms with Crippen LogP contribution >= 0.6 is 0 Å². The van der Waals surface area contributed by atoms with Crippen molar-refractivity contribution in [3.63, 3.8) is 0 Å². The number of carbonyl (C=O) groups is 3. The van der Waals surface area contributed by atoms with Gasteiger partial charge in [0.25, 0.3) is 5.91 Å². The summed E-state index contributed by atoms with van der Waals surface area (Å²) in [7, 11) is 0. The Hall–Kier alpha value is -2.57. The van der Waals surface area contributed by atoms with Crippen LogP contribution in [-0.2, 0) is 4.79 Å². The molecule has 2 rings (SSSR count). The molecule has 0 saturated carbocycles. The highest BCUT2D eigenvalue weighted by Gasteiger charge is 2.22. The molecule has 1 saturated heterocycles. The van der Waals surface area contributed by atoms with Crippen LogP contribution < -0.4 is 10.2 Å². The van der Waals surface area contributed by atoms with Gasteiger partial charge in [-0.25, -0.2) is 4.79 Å². The summed E-state index contributed by atoms with van der Waals surface area (Å²) in [6.07, 6.45) is 1.51. The number of hydrogen-bond acceptors (Lipinski definition) is 3. The summed E-state index contributed by atoms with van der Waals surface area (Å²) in [6, 6.07) is 6.56. The first-order valence-electron chi connectivity index (χ1n) is 7.69. The number of carbonyl (C=O) groups excluding carboxylic acids is 2. The molecule has 0 bridgehead atoms. The van der Waals surface area contributed by atoms with E-state index in [9.17, 15) is 14.4 Å². The van der Waals surface area contributed by atoms with Crippen LogP contribution in [0, 0.1) is 0 Å². The van der Waals surface area contributed by atoms with Crippen molar-refractivity contribution in [3.05, 3.63) is 29.8 Å². The maximum atomic E-state index is 12.5. The topological polar surface area (TPSA) is 90.0 Å². The van der Waals surface area contributed by atoms with Gasteiger partial charge >= 0.3 is 12.0 Å². The predicted molar refractivity (Wildman–Crippen MR) is 85.6 cm³/mol. The minimum Gasteiger partial charge on any atom is -0.480 e. The van der Waals surface area contributed by atoms with E-state index in [4.69, 9.17) is 5.11 Å². The van der Waals surface area contributed by atoms with Crippen molar-refractivity contribution in [2.75, 3.05) is 31.1 Å². The second kappa shape index (κ2) is 7.62. The fraction of sp³-hybridized carbons (Fsp3) is 0.438. The van der Waals surface area contributed by atoms with Crippen LogP contribution in [0.25, 0.3) is 0 Å². The van der Waals surface area contributed by atoms with E-state index in [1.165, 1.54) is 4.90 Å². The number of nitrogens with one attached hydrogen (secondary N) is 1. The Labute approximate surface area is 134 Å². The molecule has 2 N–H and O–H groups in total. The van der Waals surface area contributed by atoms with Crippen LogP contribution in [0.2, 0.25) is 0 Å². The number of aliphatic carboxylic acids is 1. The van der Waals surface area contributed by atoms with E-state index in [1.54, 1.807) is 29.2 Å². The van der Waals surface area contributed by atoms with Gasteiger partial charge in [-0.1, -0.05) is 13.0 Å². The van der Waals surface area contributed by atoms with Gasteiger partial charge in [-0.15, -0.1) is 0 Å². The molecule has 0 aromatic heterocycles. The van der Waals surface area contributed by atoms with E-state index in [2.05, 4.69) is 5.32 Å². The molecular weight excluding hydrogens is 298 g/mol. The maximum Gasteiger partial charge on any atom is 0.323 e. The van der Waals surface area contributed by atoms with Gasteiger partial charge < -0.3 is 15.3 Å². The number of nitrogens with zero attached hydrogens (tertiary/aromatic N) is 2. The largest absolute Gasteiger partial charge is 0.480 e. The first-order chi connectivity index (χ1) is 11.0. The molecule has 1 heterocycles. The second-order valence-corrected chi connectivity index (χ2v) is 5.41. The number of hydrogen-bond donors (Lipinski definition) is 2. The summed E-state index contributed by atoms with van der Waals surface area (Å²) >= 11 is 0. The first-order valence-corrected chi connectivity index (χ1v) is 7.69. The Kier molecular flexibility index (Phi) is 5.56. The van der Waals surface area contributed by atoms with Crippen molar-refractivity contribution in [1.29, 1.82) is 0 Å². The molecule has 0 spiro atoms. The lowest BCUT2D eigenvalue weighted by molar-refractivity contribution is -0.137. The zero-order chi connectivity index (χ0) is 16.8. The maximum absolute atomic E-state index is 12.5. The zero-order valence-corrected chi connectivity index (χ0v) is 13.1. The van der Waals surface area contributed by atoms with Crippen molar-refractivity contribution in [2.45, 2.75) is 19.8 Å². The van der Waals surface area contributed by atoms with E-state index in [0.29, 0.717) is 37.3 Å². The van der Waals surface area contributed by atoms with Gasteiger partial charge in [0.05, 0.1) is 0 Å². The van der Waals surface area contributed by atoms with Gasteiger partial charge in [-0.05, 0) is 31.0 Å². The third kappa shape index (κ3) is 4.21. The Bertz CT molecular complexity index is 603. The van der Waals surface area contributed by atoms with Crippen LogP contribution in [0.4, 0.5) is 10.5 Å². The van der Waals surface area contributed by atoms with Crippen LogP contribution in [0.15, 0.2) is 24.3 Å². The molecule has 0 radical (unpaired) electrons. The molecule has 124 valence electrons. The first kappa shape index (κ1) is 16.8. The smallest absolute Gasteiger partial charge is 0.323 e. The molecular formula is C16H21N3O4. The molecule has 0 aliphatic carbocycles. The number of rotatable bonds is 6. The standard InChI is InChI=1S/C16H21N3O4/c1-2-8-18(11-14(20)21)15(22)12-5-3-6-13(10-12)19-9-4-7-17-16(19)23/h3,5-6,10H,2,4,7-9,11H2,1H3,(H,17,23)(H,20,21). The van der Waals surface area contributed by atoms with E-state index >= 15 is 0 Å². The molecule has 1 aliphatic rings. The van der Waals surface area contributed by atoms with E-state index in [1.807, 2.05) is 6.92 Å². The van der Waals surface area contributed by atoms with Crippen molar-refractivity contribution in [3.8, 4) is 0 Å². The van der Waals surface area contributed by atoms with E-state index in [0.717, 1.165) is 6.42 Å². The summed E-state index contributed by atoms with van der Waals surface area (Å²) in [5.74, 6) is -1.38. The summed E-state index contributed by atoms with van der Waals surface area (Å²) in [5, 5.41) is 11.7. The summed E-state index contributed by atoms with van der Waals surface area (Å²) in [5.41, 5.74) is 1.02. The lowest BCUT2D eigenvalue weighted by atomic mass is 10.1. The van der Waals surface area contributed by atoms with Gasteiger partial charge in [-0.3, -0.25) is 14.5 Å². The Morgan fingerprint density at radius 2 is 2.17 bits per heavy atom. The van der Waals surface area contributed by atoms with Gasteiger partial charge in [0.1, 0.15) is 6.54 Å². The van der Waals surface area contributed by atoms with Crippen molar-refractivity contribution >= 4 is 23.6 Å². The average molecular weight is 319 g/mol. The van der Waals surface area contributed by atoms with Crippen LogP contribution in [-0.4, -0.2) is 54.1 Å². The number of carboxylic acids is 1. The highest BCUT2D eigenvalue weighted by molar-refractivity contribution is 5.98. The van der Waals surface area contributed by atoms with Crippen molar-refractivity contribution in [2.24, 2.45) is 0 Å². The van der Waals surface area contributed by atoms with E-state index < -0.39 is 5.97 Å².